The lowest BCUT2D eigenvalue weighted by Crippen LogP contribution is -2.52. The van der Waals surface area contributed by atoms with Crippen LogP contribution in [0.4, 0.5) is 9.59 Å². The van der Waals surface area contributed by atoms with Gasteiger partial charge in [0.05, 0.1) is 0 Å². The maximum absolute atomic E-state index is 12.4. The van der Waals surface area contributed by atoms with Crippen molar-refractivity contribution in [2.75, 3.05) is 19.6 Å². The van der Waals surface area contributed by atoms with Gasteiger partial charge in [0.15, 0.2) is 0 Å². The third-order valence-electron chi connectivity index (χ3n) is 4.64. The molecule has 3 amide bonds. The smallest absolute Gasteiger partial charge is 0.407 e. The Morgan fingerprint density at radius 2 is 1.60 bits per heavy atom. The summed E-state index contributed by atoms with van der Waals surface area (Å²) in [5.41, 5.74) is 5.79. The number of nitrogens with one attached hydrogen (secondary N) is 2. The normalized spacial score (nSPS) is 11.3. The Kier molecular flexibility index (Phi) is 15.5. The molecule has 1 rings (SSSR count). The van der Waals surface area contributed by atoms with Crippen LogP contribution < -0.4 is 16.4 Å². The Balaban J connectivity index is 0.00000267. The Labute approximate surface area is 207 Å². The van der Waals surface area contributed by atoms with Gasteiger partial charge in [-0.1, -0.05) is 36.8 Å². The lowest BCUT2D eigenvalue weighted by Gasteiger charge is -2.39. The highest BCUT2D eigenvalue weighted by atomic mass is 16.5. The van der Waals surface area contributed by atoms with E-state index in [1.54, 1.807) is 20.8 Å². The number of amides is 3. The standard InChI is InChI=1S/C22H36N4O5.C2H4O2/c1-22(2,3)26(21(29)30)18(11-7-8-12-23)15-19(27)24-13-14-25-20(28)31-16-17-9-5-4-6-10-17;1-2(3)4/h4-6,9-10,18H,7-8,11-16,23H2,1-3H3,(H,24,27)(H,25,28)(H,29,30);1H3,(H,3,4)/t18-;/m0./s1. The first-order valence-corrected chi connectivity index (χ1v) is 11.5. The number of ether oxygens (including phenoxy) is 1. The van der Waals surface area contributed by atoms with Gasteiger partial charge in [-0.2, -0.15) is 0 Å². The van der Waals surface area contributed by atoms with E-state index in [1.165, 1.54) is 4.90 Å². The zero-order valence-electron chi connectivity index (χ0n) is 21.1. The first kappa shape index (κ1) is 31.7. The number of carboxylic acids is 1. The largest absolute Gasteiger partial charge is 0.481 e. The van der Waals surface area contributed by atoms with Gasteiger partial charge in [-0.15, -0.1) is 0 Å². The van der Waals surface area contributed by atoms with Crippen molar-refractivity contribution >= 4 is 24.1 Å². The van der Waals surface area contributed by atoms with Crippen molar-refractivity contribution in [3.8, 4) is 0 Å². The predicted molar refractivity (Wildman–Crippen MR) is 132 cm³/mol. The van der Waals surface area contributed by atoms with E-state index in [4.69, 9.17) is 20.4 Å². The summed E-state index contributed by atoms with van der Waals surface area (Å²) in [6.07, 6.45) is 0.488. The highest BCUT2D eigenvalue weighted by molar-refractivity contribution is 5.77. The number of carbonyl (C=O) groups excluding carboxylic acids is 2. The maximum atomic E-state index is 12.4. The molecule has 35 heavy (non-hydrogen) atoms. The molecule has 1 aromatic carbocycles. The third kappa shape index (κ3) is 16.0. The van der Waals surface area contributed by atoms with Crippen molar-refractivity contribution in [1.29, 1.82) is 0 Å². The van der Waals surface area contributed by atoms with Crippen LogP contribution in [0.2, 0.25) is 0 Å². The molecule has 0 bridgehead atoms. The molecule has 0 fully saturated rings. The number of carboxylic acid groups (broad SMARTS) is 2. The lowest BCUT2D eigenvalue weighted by molar-refractivity contribution is -0.134. The van der Waals surface area contributed by atoms with E-state index >= 15 is 0 Å². The monoisotopic (exact) mass is 496 g/mol. The zero-order chi connectivity index (χ0) is 26.9. The summed E-state index contributed by atoms with van der Waals surface area (Å²) in [6, 6.07) is 8.87. The summed E-state index contributed by atoms with van der Waals surface area (Å²) in [6.45, 7) is 7.62. The van der Waals surface area contributed by atoms with Gasteiger partial charge in [0, 0.05) is 38.0 Å². The van der Waals surface area contributed by atoms with Crippen molar-refractivity contribution in [2.45, 2.75) is 71.6 Å². The number of benzene rings is 1. The summed E-state index contributed by atoms with van der Waals surface area (Å²) >= 11 is 0. The number of aliphatic carboxylic acids is 1. The second-order valence-corrected chi connectivity index (χ2v) is 8.82. The summed E-state index contributed by atoms with van der Waals surface area (Å²) < 4.78 is 5.10. The molecular weight excluding hydrogens is 456 g/mol. The molecule has 0 aliphatic carbocycles. The second kappa shape index (κ2) is 17.1. The third-order valence-corrected chi connectivity index (χ3v) is 4.64. The van der Waals surface area contributed by atoms with E-state index < -0.39 is 29.7 Å². The van der Waals surface area contributed by atoms with E-state index in [-0.39, 0.29) is 32.0 Å². The minimum Gasteiger partial charge on any atom is -0.481 e. The molecule has 11 nitrogen and oxygen atoms in total. The predicted octanol–water partition coefficient (Wildman–Crippen LogP) is 2.79. The summed E-state index contributed by atoms with van der Waals surface area (Å²) in [7, 11) is 0. The summed E-state index contributed by atoms with van der Waals surface area (Å²) in [5.74, 6) is -1.10. The van der Waals surface area contributed by atoms with E-state index in [0.717, 1.165) is 25.3 Å². The van der Waals surface area contributed by atoms with E-state index in [0.29, 0.717) is 13.0 Å². The number of hydrogen-bond donors (Lipinski definition) is 5. The molecule has 198 valence electrons. The molecule has 0 unspecified atom stereocenters. The fourth-order valence-corrected chi connectivity index (χ4v) is 3.26. The van der Waals surface area contributed by atoms with Gasteiger partial charge in [-0.25, -0.2) is 9.59 Å². The quantitative estimate of drug-likeness (QED) is 0.275. The van der Waals surface area contributed by atoms with Crippen LogP contribution in [0.5, 0.6) is 0 Å². The first-order valence-electron chi connectivity index (χ1n) is 11.5. The van der Waals surface area contributed by atoms with Crippen LogP contribution in [-0.2, 0) is 20.9 Å². The van der Waals surface area contributed by atoms with Crippen LogP contribution in [0, 0.1) is 0 Å². The highest BCUT2D eigenvalue weighted by Gasteiger charge is 2.34. The molecule has 0 saturated carbocycles. The van der Waals surface area contributed by atoms with Gasteiger partial charge in [-0.3, -0.25) is 9.59 Å². The van der Waals surface area contributed by atoms with Gasteiger partial charge in [0.1, 0.15) is 6.61 Å². The van der Waals surface area contributed by atoms with E-state index in [9.17, 15) is 19.5 Å². The Morgan fingerprint density at radius 3 is 2.11 bits per heavy atom. The topological polar surface area (TPSA) is 171 Å². The SMILES string of the molecule is CC(=O)O.CC(C)(C)N(C(=O)O)[C@@H](CCCCN)CC(=O)NCCNC(=O)OCc1ccccc1. The van der Waals surface area contributed by atoms with E-state index in [1.807, 2.05) is 30.3 Å². The van der Waals surface area contributed by atoms with Crippen molar-refractivity contribution in [2.24, 2.45) is 5.73 Å². The Morgan fingerprint density at radius 1 is 1.03 bits per heavy atom. The van der Waals surface area contributed by atoms with Crippen molar-refractivity contribution < 1.29 is 34.1 Å². The average molecular weight is 497 g/mol. The number of nitrogens with zero attached hydrogens (tertiary/aromatic N) is 1. The number of nitrogens with two attached hydrogens (primary N) is 1. The Bertz CT molecular complexity index is 778. The molecule has 0 spiro atoms. The van der Waals surface area contributed by atoms with Crippen LogP contribution in [0.25, 0.3) is 0 Å². The van der Waals surface area contributed by atoms with Crippen molar-refractivity contribution in [3.05, 3.63) is 35.9 Å². The van der Waals surface area contributed by atoms with Gasteiger partial charge in [0.2, 0.25) is 5.91 Å². The molecule has 1 aromatic rings. The molecule has 1 atom stereocenters. The minimum atomic E-state index is -1.05. The lowest BCUT2D eigenvalue weighted by atomic mass is 9.97. The molecule has 11 heteroatoms. The summed E-state index contributed by atoms with van der Waals surface area (Å²) in [5, 5.41) is 22.4. The van der Waals surface area contributed by atoms with E-state index in [2.05, 4.69) is 10.6 Å². The average Bonchev–Trinajstić information content (AvgIpc) is 2.74. The molecule has 0 aromatic heterocycles. The number of rotatable bonds is 12. The molecule has 0 saturated heterocycles. The first-order chi connectivity index (χ1) is 16.4. The number of unbranched alkanes of at least 4 members (excludes halogenated alkanes) is 1. The van der Waals surface area contributed by atoms with Gasteiger partial charge in [0.25, 0.3) is 5.97 Å². The number of alkyl carbamates (subject to hydrolysis) is 1. The van der Waals surface area contributed by atoms with Crippen LogP contribution in [-0.4, -0.2) is 70.4 Å². The minimum absolute atomic E-state index is 0.0482. The van der Waals surface area contributed by atoms with Gasteiger partial charge >= 0.3 is 12.2 Å². The van der Waals surface area contributed by atoms with Crippen LogP contribution in [0.15, 0.2) is 30.3 Å². The Hall–Kier alpha value is -3.34. The number of hydrogen-bond acceptors (Lipinski definition) is 6. The molecule has 0 aliphatic rings. The van der Waals surface area contributed by atoms with Crippen LogP contribution >= 0.6 is 0 Å². The van der Waals surface area contributed by atoms with Crippen LogP contribution in [0.3, 0.4) is 0 Å². The fourth-order valence-electron chi connectivity index (χ4n) is 3.26. The molecule has 0 heterocycles. The fraction of sp³-hybridized carbons (Fsp3) is 0.583. The van der Waals surface area contributed by atoms with Gasteiger partial charge < -0.3 is 36.2 Å². The molecular formula is C24H40N4O7. The van der Waals surface area contributed by atoms with Gasteiger partial charge in [-0.05, 0) is 45.7 Å². The zero-order valence-corrected chi connectivity index (χ0v) is 21.1. The maximum Gasteiger partial charge on any atom is 0.407 e. The van der Waals surface area contributed by atoms with Crippen molar-refractivity contribution in [3.63, 3.8) is 0 Å². The second-order valence-electron chi connectivity index (χ2n) is 8.82. The molecule has 6 N–H and O–H groups in total. The molecule has 0 radical (unpaired) electrons. The molecule has 0 aliphatic heterocycles. The van der Waals surface area contributed by atoms with Crippen LogP contribution in [0.1, 0.15) is 58.9 Å². The number of carbonyl (C=O) groups is 4. The van der Waals surface area contributed by atoms with Crippen molar-refractivity contribution in [1.82, 2.24) is 15.5 Å². The summed E-state index contributed by atoms with van der Waals surface area (Å²) in [4.78, 5) is 46.3. The highest BCUT2D eigenvalue weighted by Crippen LogP contribution is 2.23.